The van der Waals surface area contributed by atoms with Gasteiger partial charge >= 0.3 is 0 Å². The number of carbonyl (C=O) groups is 1. The molecule has 102 valence electrons. The number of carbonyl (C=O) groups excluding carboxylic acids is 1. The average molecular weight is 271 g/mol. The molecule has 0 saturated carbocycles. The molecule has 5 nitrogen and oxygen atoms in total. The fourth-order valence-electron chi connectivity index (χ4n) is 1.59. The molecule has 5 heteroatoms. The molecule has 1 amide bonds. The van der Waals surface area contributed by atoms with Gasteiger partial charge in [0.2, 0.25) is 5.43 Å². The lowest BCUT2D eigenvalue weighted by atomic mass is 10.2. The highest BCUT2D eigenvalue weighted by molar-refractivity contribution is 6.04. The Morgan fingerprint density at radius 2 is 1.70 bits per heavy atom. The van der Waals surface area contributed by atoms with Gasteiger partial charge in [-0.15, -0.1) is 0 Å². The molecular formula is C15H13NO4. The van der Waals surface area contributed by atoms with Gasteiger partial charge in [-0.3, -0.25) is 9.59 Å². The summed E-state index contributed by atoms with van der Waals surface area (Å²) in [5, 5.41) is 11.9. The molecule has 0 aliphatic heterocycles. The first-order valence-electron chi connectivity index (χ1n) is 5.89. The Hall–Kier alpha value is -2.82. The van der Waals surface area contributed by atoms with Crippen molar-refractivity contribution in [2.24, 2.45) is 0 Å². The van der Waals surface area contributed by atoms with Gasteiger partial charge in [-0.05, 0) is 48.5 Å². The van der Waals surface area contributed by atoms with E-state index in [1.165, 1.54) is 24.3 Å². The van der Waals surface area contributed by atoms with Crippen LogP contribution in [0, 0.1) is 0 Å². The van der Waals surface area contributed by atoms with Crippen molar-refractivity contribution >= 4 is 11.6 Å². The summed E-state index contributed by atoms with van der Waals surface area (Å²) in [6.07, 6.45) is 0. The molecule has 0 aliphatic carbocycles. The van der Waals surface area contributed by atoms with E-state index in [4.69, 9.17) is 4.74 Å². The zero-order chi connectivity index (χ0) is 14.5. The quantitative estimate of drug-likeness (QED) is 0.895. The van der Waals surface area contributed by atoms with Gasteiger partial charge in [-0.1, -0.05) is 0 Å². The van der Waals surface area contributed by atoms with Crippen LogP contribution in [-0.2, 0) is 0 Å². The number of nitrogens with one attached hydrogen (secondary N) is 1. The molecule has 0 aliphatic rings. The van der Waals surface area contributed by atoms with E-state index >= 15 is 0 Å². The van der Waals surface area contributed by atoms with Crippen LogP contribution in [-0.4, -0.2) is 18.1 Å². The smallest absolute Gasteiger partial charge is 0.255 e. The van der Waals surface area contributed by atoms with E-state index < -0.39 is 5.43 Å². The second-order valence-electron chi connectivity index (χ2n) is 4.05. The van der Waals surface area contributed by atoms with E-state index in [1.807, 2.05) is 0 Å². The standard InChI is InChI=1S/C15H13NO4/c1-20-12-6-2-10(3-7-12)15(19)16-11-4-8-13(17)14(18)9-5-11/h2-9H,1H3,(H,16,19)(H,17,18). The van der Waals surface area contributed by atoms with Crippen molar-refractivity contribution in [2.45, 2.75) is 0 Å². The molecule has 2 aromatic carbocycles. The molecule has 0 unspecified atom stereocenters. The Morgan fingerprint density at radius 1 is 1.05 bits per heavy atom. The number of rotatable bonds is 3. The highest BCUT2D eigenvalue weighted by Crippen LogP contribution is 2.13. The van der Waals surface area contributed by atoms with E-state index in [9.17, 15) is 14.7 Å². The van der Waals surface area contributed by atoms with Crippen LogP contribution in [0.4, 0.5) is 5.69 Å². The van der Waals surface area contributed by atoms with Crippen LogP contribution in [0.5, 0.6) is 11.5 Å². The van der Waals surface area contributed by atoms with E-state index in [0.717, 1.165) is 0 Å². The van der Waals surface area contributed by atoms with Crippen LogP contribution < -0.4 is 15.5 Å². The molecule has 0 saturated heterocycles. The van der Waals surface area contributed by atoms with Gasteiger partial charge in [-0.25, -0.2) is 0 Å². The normalized spacial score (nSPS) is 9.85. The fraction of sp³-hybridized carbons (Fsp3) is 0.0667. The first kappa shape index (κ1) is 13.6. The molecule has 0 bridgehead atoms. The first-order valence-corrected chi connectivity index (χ1v) is 5.89. The summed E-state index contributed by atoms with van der Waals surface area (Å²) >= 11 is 0. The van der Waals surface area contributed by atoms with E-state index in [0.29, 0.717) is 17.0 Å². The minimum atomic E-state index is -0.505. The summed E-state index contributed by atoms with van der Waals surface area (Å²) in [6.45, 7) is 0. The molecule has 20 heavy (non-hydrogen) atoms. The van der Waals surface area contributed by atoms with Crippen molar-refractivity contribution in [2.75, 3.05) is 12.4 Å². The van der Waals surface area contributed by atoms with Gasteiger partial charge < -0.3 is 15.2 Å². The fourth-order valence-corrected chi connectivity index (χ4v) is 1.59. The van der Waals surface area contributed by atoms with Gasteiger partial charge in [0.25, 0.3) is 5.91 Å². The number of ether oxygens (including phenoxy) is 1. The molecule has 2 aromatic rings. The molecular weight excluding hydrogens is 258 g/mol. The van der Waals surface area contributed by atoms with Crippen LogP contribution in [0.2, 0.25) is 0 Å². The van der Waals surface area contributed by atoms with Gasteiger partial charge in [0.05, 0.1) is 7.11 Å². The summed E-state index contributed by atoms with van der Waals surface area (Å²) in [5.74, 6) is -0.0191. The van der Waals surface area contributed by atoms with E-state index in [-0.39, 0.29) is 11.7 Å². The molecule has 0 heterocycles. The van der Waals surface area contributed by atoms with Crippen LogP contribution in [0.1, 0.15) is 10.4 Å². The summed E-state index contributed by atoms with van der Waals surface area (Å²) < 4.78 is 5.01. The number of aromatic hydroxyl groups is 1. The zero-order valence-corrected chi connectivity index (χ0v) is 10.8. The Morgan fingerprint density at radius 3 is 2.35 bits per heavy atom. The molecule has 0 radical (unpaired) electrons. The lowest BCUT2D eigenvalue weighted by Crippen LogP contribution is -2.11. The Kier molecular flexibility index (Phi) is 4.00. The molecule has 0 aromatic heterocycles. The third-order valence-corrected chi connectivity index (χ3v) is 2.70. The van der Waals surface area contributed by atoms with Crippen molar-refractivity contribution in [3.8, 4) is 11.5 Å². The second-order valence-corrected chi connectivity index (χ2v) is 4.05. The maximum atomic E-state index is 12.0. The van der Waals surface area contributed by atoms with Gasteiger partial charge in [0.15, 0.2) is 5.75 Å². The maximum Gasteiger partial charge on any atom is 0.255 e. The molecule has 0 fully saturated rings. The molecule has 2 rings (SSSR count). The predicted octanol–water partition coefficient (Wildman–Crippen LogP) is 2.01. The maximum absolute atomic E-state index is 12.0. The van der Waals surface area contributed by atoms with Crippen molar-refractivity contribution in [3.63, 3.8) is 0 Å². The molecule has 2 N–H and O–H groups in total. The SMILES string of the molecule is COc1ccc(C(=O)Nc2ccc(O)c(=O)cc2)cc1. The van der Waals surface area contributed by atoms with E-state index in [1.54, 1.807) is 31.4 Å². The predicted molar refractivity (Wildman–Crippen MR) is 75.3 cm³/mol. The summed E-state index contributed by atoms with van der Waals surface area (Å²) in [5.41, 5.74) is 0.377. The Balaban J connectivity index is 2.19. The zero-order valence-electron chi connectivity index (χ0n) is 10.8. The third-order valence-electron chi connectivity index (χ3n) is 2.70. The summed E-state index contributed by atoms with van der Waals surface area (Å²) in [4.78, 5) is 23.2. The highest BCUT2D eigenvalue weighted by Gasteiger charge is 2.06. The van der Waals surface area contributed by atoms with Crippen LogP contribution in [0.3, 0.4) is 0 Å². The lowest BCUT2D eigenvalue weighted by Gasteiger charge is -2.04. The number of anilines is 1. The Labute approximate surface area is 115 Å². The van der Waals surface area contributed by atoms with Crippen molar-refractivity contribution in [1.29, 1.82) is 0 Å². The molecule has 0 spiro atoms. The minimum absolute atomic E-state index is 0.314. The number of amides is 1. The number of methoxy groups -OCH3 is 1. The Bertz CT molecular complexity index is 680. The van der Waals surface area contributed by atoms with Crippen LogP contribution in [0.25, 0.3) is 0 Å². The number of benzene rings is 1. The van der Waals surface area contributed by atoms with Crippen LogP contribution >= 0.6 is 0 Å². The minimum Gasteiger partial charge on any atom is -0.504 e. The van der Waals surface area contributed by atoms with Gasteiger partial charge in [0.1, 0.15) is 5.75 Å². The summed E-state index contributed by atoms with van der Waals surface area (Å²) in [6, 6.07) is 12.0. The average Bonchev–Trinajstić information content (AvgIpc) is 2.63. The largest absolute Gasteiger partial charge is 0.504 e. The van der Waals surface area contributed by atoms with Crippen molar-refractivity contribution in [1.82, 2.24) is 0 Å². The topological polar surface area (TPSA) is 75.6 Å². The van der Waals surface area contributed by atoms with E-state index in [2.05, 4.69) is 5.32 Å². The highest BCUT2D eigenvalue weighted by atomic mass is 16.5. The monoisotopic (exact) mass is 271 g/mol. The van der Waals surface area contributed by atoms with Crippen LogP contribution in [0.15, 0.2) is 53.3 Å². The van der Waals surface area contributed by atoms with Crippen molar-refractivity contribution in [3.05, 3.63) is 64.3 Å². The lowest BCUT2D eigenvalue weighted by molar-refractivity contribution is 0.102. The third kappa shape index (κ3) is 3.14. The second kappa shape index (κ2) is 5.88. The number of hydrogen-bond donors (Lipinski definition) is 2. The summed E-state index contributed by atoms with van der Waals surface area (Å²) in [7, 11) is 1.55. The number of hydrogen-bond acceptors (Lipinski definition) is 4. The van der Waals surface area contributed by atoms with Gasteiger partial charge in [0, 0.05) is 11.3 Å². The molecule has 0 atom stereocenters. The van der Waals surface area contributed by atoms with Crippen molar-refractivity contribution < 1.29 is 14.6 Å². The first-order chi connectivity index (χ1) is 9.60. The van der Waals surface area contributed by atoms with Gasteiger partial charge in [-0.2, -0.15) is 0 Å².